The second-order valence-electron chi connectivity index (χ2n) is 6.97. The maximum atomic E-state index is 12.3. The minimum Gasteiger partial charge on any atom is -0.469 e. The average Bonchev–Trinajstić information content (AvgIpc) is 3.47. The summed E-state index contributed by atoms with van der Waals surface area (Å²) in [7, 11) is 0. The van der Waals surface area contributed by atoms with Crippen LogP contribution in [0.25, 0.3) is 17.1 Å². The minimum absolute atomic E-state index is 0.0473. The molecule has 0 unspecified atom stereocenters. The fourth-order valence-electron chi connectivity index (χ4n) is 3.09. The number of para-hydroxylation sites is 1. The van der Waals surface area contributed by atoms with E-state index in [1.165, 1.54) is 18.2 Å². The fourth-order valence-corrected chi connectivity index (χ4v) is 3.84. The molecule has 172 valence electrons. The Labute approximate surface area is 197 Å². The number of carbonyl (C=O) groups is 2. The number of non-ortho nitro benzene ring substituents is 1. The lowest BCUT2D eigenvalue weighted by Crippen LogP contribution is -2.42. The van der Waals surface area contributed by atoms with Crippen molar-refractivity contribution in [3.63, 3.8) is 0 Å². The highest BCUT2D eigenvalue weighted by Gasteiger charge is 2.20. The minimum atomic E-state index is -0.674. The SMILES string of the molecule is Cc1occc1-c1nnc(SCC(=O)NNC(=O)c2cccc([N+](=O)[O-])c2)n1-c1ccccc1. The third-order valence-corrected chi connectivity index (χ3v) is 5.64. The lowest BCUT2D eigenvalue weighted by molar-refractivity contribution is -0.384. The standard InChI is InChI=1S/C22H18N6O5S/c1-14-18(10-11-33-14)20-24-26-22(27(20)16-7-3-2-4-8-16)34-13-19(29)23-25-21(30)15-6-5-9-17(12-15)28(31)32/h2-12H,13H2,1H3,(H,23,29)(H,25,30). The number of benzene rings is 2. The first-order valence-corrected chi connectivity index (χ1v) is 10.9. The van der Waals surface area contributed by atoms with Crippen LogP contribution in [0.3, 0.4) is 0 Å². The summed E-state index contributed by atoms with van der Waals surface area (Å²) in [5, 5.41) is 19.9. The van der Waals surface area contributed by atoms with Crippen molar-refractivity contribution in [2.75, 3.05) is 5.75 Å². The zero-order valence-electron chi connectivity index (χ0n) is 17.8. The zero-order chi connectivity index (χ0) is 24.1. The molecule has 0 aliphatic rings. The van der Waals surface area contributed by atoms with Gasteiger partial charge in [-0.05, 0) is 31.2 Å². The van der Waals surface area contributed by atoms with Crippen molar-refractivity contribution in [2.24, 2.45) is 0 Å². The molecular formula is C22H18N6O5S. The third-order valence-electron chi connectivity index (χ3n) is 4.71. The van der Waals surface area contributed by atoms with Gasteiger partial charge in [-0.25, -0.2) is 0 Å². The Kier molecular flexibility index (Phi) is 6.69. The van der Waals surface area contributed by atoms with Crippen LogP contribution in [0.5, 0.6) is 0 Å². The lowest BCUT2D eigenvalue weighted by atomic mass is 10.2. The molecule has 12 heteroatoms. The molecule has 2 aromatic heterocycles. The van der Waals surface area contributed by atoms with Crippen LogP contribution in [0, 0.1) is 17.0 Å². The zero-order valence-corrected chi connectivity index (χ0v) is 18.6. The molecule has 11 nitrogen and oxygen atoms in total. The van der Waals surface area contributed by atoms with Crippen molar-refractivity contribution < 1.29 is 18.9 Å². The number of nitrogens with one attached hydrogen (secondary N) is 2. The normalized spacial score (nSPS) is 10.6. The highest BCUT2D eigenvalue weighted by atomic mass is 32.2. The summed E-state index contributed by atoms with van der Waals surface area (Å²) in [6.07, 6.45) is 1.57. The van der Waals surface area contributed by atoms with Crippen molar-refractivity contribution in [1.29, 1.82) is 0 Å². The Morgan fingerprint density at radius 3 is 2.59 bits per heavy atom. The number of rotatable bonds is 7. The van der Waals surface area contributed by atoms with Gasteiger partial charge in [0.2, 0.25) is 5.91 Å². The molecule has 0 atom stereocenters. The van der Waals surface area contributed by atoms with Crippen LogP contribution in [0.2, 0.25) is 0 Å². The van der Waals surface area contributed by atoms with E-state index in [2.05, 4.69) is 21.0 Å². The number of furan rings is 1. The van der Waals surface area contributed by atoms with Gasteiger partial charge in [-0.3, -0.25) is 35.1 Å². The first kappa shape index (κ1) is 22.7. The summed E-state index contributed by atoms with van der Waals surface area (Å²) in [5.41, 5.74) is 5.96. The van der Waals surface area contributed by atoms with Crippen LogP contribution in [-0.4, -0.2) is 37.3 Å². The van der Waals surface area contributed by atoms with Gasteiger partial charge in [0.25, 0.3) is 11.6 Å². The van der Waals surface area contributed by atoms with Crippen LogP contribution < -0.4 is 10.9 Å². The number of amides is 2. The molecular weight excluding hydrogens is 460 g/mol. The molecule has 0 spiro atoms. The molecule has 0 bridgehead atoms. The molecule has 0 fully saturated rings. The second kappa shape index (κ2) is 10.0. The molecule has 2 amide bonds. The van der Waals surface area contributed by atoms with Gasteiger partial charge < -0.3 is 4.42 Å². The van der Waals surface area contributed by atoms with Crippen molar-refractivity contribution in [2.45, 2.75) is 12.1 Å². The molecule has 2 heterocycles. The number of nitro benzene ring substituents is 1. The summed E-state index contributed by atoms with van der Waals surface area (Å²) in [6.45, 7) is 1.82. The topological polar surface area (TPSA) is 145 Å². The third kappa shape index (κ3) is 4.96. The molecule has 0 saturated heterocycles. The molecule has 0 aliphatic heterocycles. The highest BCUT2D eigenvalue weighted by molar-refractivity contribution is 7.99. The van der Waals surface area contributed by atoms with Crippen molar-refractivity contribution in [3.8, 4) is 17.1 Å². The number of nitrogens with zero attached hydrogens (tertiary/aromatic N) is 4. The largest absolute Gasteiger partial charge is 0.469 e. The predicted molar refractivity (Wildman–Crippen MR) is 123 cm³/mol. The number of thioether (sulfide) groups is 1. The van der Waals surface area contributed by atoms with Gasteiger partial charge in [0, 0.05) is 23.4 Å². The van der Waals surface area contributed by atoms with Crippen molar-refractivity contribution in [3.05, 3.63) is 88.4 Å². The Morgan fingerprint density at radius 2 is 1.88 bits per heavy atom. The molecule has 34 heavy (non-hydrogen) atoms. The average molecular weight is 478 g/mol. The fraction of sp³-hybridized carbons (Fsp3) is 0.0909. The van der Waals surface area contributed by atoms with Crippen molar-refractivity contribution in [1.82, 2.24) is 25.6 Å². The van der Waals surface area contributed by atoms with E-state index in [-0.39, 0.29) is 17.0 Å². The van der Waals surface area contributed by atoms with Gasteiger partial charge >= 0.3 is 0 Å². The Hall–Kier alpha value is -4.45. The van der Waals surface area contributed by atoms with E-state index in [9.17, 15) is 19.7 Å². The maximum absolute atomic E-state index is 12.3. The molecule has 0 aliphatic carbocycles. The van der Waals surface area contributed by atoms with Crippen LogP contribution >= 0.6 is 11.8 Å². The Balaban J connectivity index is 1.44. The van der Waals surface area contributed by atoms with E-state index >= 15 is 0 Å². The number of nitro groups is 1. The second-order valence-corrected chi connectivity index (χ2v) is 7.91. The summed E-state index contributed by atoms with van der Waals surface area (Å²) in [4.78, 5) is 34.8. The summed E-state index contributed by atoms with van der Waals surface area (Å²) in [6, 6.07) is 16.4. The lowest BCUT2D eigenvalue weighted by Gasteiger charge is -2.10. The first-order chi connectivity index (χ1) is 16.4. The molecule has 2 aromatic carbocycles. The predicted octanol–water partition coefficient (Wildman–Crippen LogP) is 3.30. The smallest absolute Gasteiger partial charge is 0.270 e. The van der Waals surface area contributed by atoms with Crippen LogP contribution in [0.15, 0.2) is 76.5 Å². The van der Waals surface area contributed by atoms with Crippen molar-refractivity contribution >= 4 is 29.3 Å². The molecule has 4 aromatic rings. The number of aryl methyl sites for hydroxylation is 1. The summed E-state index contributed by atoms with van der Waals surface area (Å²) < 4.78 is 7.22. The van der Waals surface area contributed by atoms with Gasteiger partial charge in [-0.15, -0.1) is 10.2 Å². The van der Waals surface area contributed by atoms with Gasteiger partial charge in [-0.1, -0.05) is 36.0 Å². The molecule has 0 radical (unpaired) electrons. The Bertz CT molecular complexity index is 1350. The van der Waals surface area contributed by atoms with Gasteiger partial charge in [0.05, 0.1) is 22.5 Å². The van der Waals surface area contributed by atoms with E-state index in [0.29, 0.717) is 16.7 Å². The maximum Gasteiger partial charge on any atom is 0.270 e. The van der Waals surface area contributed by atoms with Crippen LogP contribution in [0.4, 0.5) is 5.69 Å². The highest BCUT2D eigenvalue weighted by Crippen LogP contribution is 2.30. The number of hydrogen-bond donors (Lipinski definition) is 2. The first-order valence-electron chi connectivity index (χ1n) is 9.96. The van der Waals surface area contributed by atoms with E-state index in [0.717, 1.165) is 29.1 Å². The number of hydrazine groups is 1. The van der Waals surface area contributed by atoms with E-state index < -0.39 is 16.7 Å². The van der Waals surface area contributed by atoms with E-state index in [1.54, 1.807) is 12.3 Å². The molecule has 0 saturated carbocycles. The monoisotopic (exact) mass is 478 g/mol. The van der Waals surface area contributed by atoms with Gasteiger partial charge in [-0.2, -0.15) is 0 Å². The van der Waals surface area contributed by atoms with E-state index in [1.807, 2.05) is 41.8 Å². The van der Waals surface area contributed by atoms with E-state index in [4.69, 9.17) is 4.42 Å². The van der Waals surface area contributed by atoms with Crippen LogP contribution in [0.1, 0.15) is 16.1 Å². The number of carbonyl (C=O) groups excluding carboxylic acids is 2. The van der Waals surface area contributed by atoms with Crippen LogP contribution in [-0.2, 0) is 4.79 Å². The number of hydrogen-bond acceptors (Lipinski definition) is 8. The summed E-state index contributed by atoms with van der Waals surface area (Å²) in [5.74, 6) is 0.0200. The molecule has 4 rings (SSSR count). The van der Waals surface area contributed by atoms with Gasteiger partial charge in [0.15, 0.2) is 11.0 Å². The van der Waals surface area contributed by atoms with Gasteiger partial charge in [0.1, 0.15) is 5.76 Å². The molecule has 2 N–H and O–H groups in total. The number of aromatic nitrogens is 3. The summed E-state index contributed by atoms with van der Waals surface area (Å²) >= 11 is 1.13. The quantitative estimate of drug-likeness (QED) is 0.234. The Morgan fingerprint density at radius 1 is 1.09 bits per heavy atom.